The van der Waals surface area contributed by atoms with Gasteiger partial charge in [-0.05, 0) is 32.4 Å². The third kappa shape index (κ3) is 2.69. The smallest absolute Gasteiger partial charge is 0.0167 e. The van der Waals surface area contributed by atoms with Crippen molar-refractivity contribution in [1.29, 1.82) is 0 Å². The summed E-state index contributed by atoms with van der Waals surface area (Å²) in [4.78, 5) is 5.09. The molecule has 2 rings (SSSR count). The molecule has 0 spiro atoms. The molecule has 0 aromatic heterocycles. The van der Waals surface area contributed by atoms with Crippen molar-refractivity contribution in [2.24, 2.45) is 5.73 Å². The van der Waals surface area contributed by atoms with E-state index in [-0.39, 0.29) is 5.54 Å². The second-order valence-corrected chi connectivity index (χ2v) is 4.89. The Morgan fingerprint density at radius 2 is 1.64 bits per heavy atom. The van der Waals surface area contributed by atoms with E-state index in [0.29, 0.717) is 0 Å². The lowest BCUT2D eigenvalue weighted by Gasteiger charge is -2.34. The molecule has 82 valence electrons. The van der Waals surface area contributed by atoms with Crippen molar-refractivity contribution >= 4 is 0 Å². The van der Waals surface area contributed by atoms with Gasteiger partial charge in [-0.25, -0.2) is 0 Å². The average molecular weight is 197 g/mol. The summed E-state index contributed by atoms with van der Waals surface area (Å²) in [7, 11) is 0. The average Bonchev–Trinajstić information content (AvgIpc) is 2.95. The molecule has 3 nitrogen and oxygen atoms in total. The Bertz CT molecular complexity index is 181. The summed E-state index contributed by atoms with van der Waals surface area (Å²) in [5, 5.41) is 0. The first kappa shape index (κ1) is 10.4. The Kier molecular flexibility index (Phi) is 3.10. The van der Waals surface area contributed by atoms with Crippen molar-refractivity contribution < 1.29 is 0 Å². The van der Waals surface area contributed by atoms with Crippen molar-refractivity contribution in [3.05, 3.63) is 0 Å². The summed E-state index contributed by atoms with van der Waals surface area (Å²) in [5.74, 6) is 0. The van der Waals surface area contributed by atoms with Crippen LogP contribution in [0.1, 0.15) is 26.2 Å². The van der Waals surface area contributed by atoms with Gasteiger partial charge < -0.3 is 15.5 Å². The third-order valence-electron chi connectivity index (χ3n) is 3.73. The first-order chi connectivity index (χ1) is 6.72. The highest BCUT2D eigenvalue weighted by atomic mass is 15.3. The zero-order chi connectivity index (χ0) is 10.0. The van der Waals surface area contributed by atoms with Gasteiger partial charge in [0.25, 0.3) is 0 Å². The molecule has 14 heavy (non-hydrogen) atoms. The van der Waals surface area contributed by atoms with Gasteiger partial charge in [0.05, 0.1) is 0 Å². The summed E-state index contributed by atoms with van der Waals surface area (Å²) in [6.45, 7) is 9.63. The predicted octanol–water partition coefficient (Wildman–Crippen LogP) is 0.505. The third-order valence-corrected chi connectivity index (χ3v) is 3.73. The first-order valence-corrected chi connectivity index (χ1v) is 5.95. The van der Waals surface area contributed by atoms with Gasteiger partial charge in [0.2, 0.25) is 0 Å². The van der Waals surface area contributed by atoms with E-state index in [2.05, 4.69) is 16.7 Å². The molecular formula is C11H23N3. The topological polar surface area (TPSA) is 32.5 Å². The lowest BCUT2D eigenvalue weighted by Crippen LogP contribution is -2.47. The highest BCUT2D eigenvalue weighted by Gasteiger charge is 2.37. The van der Waals surface area contributed by atoms with E-state index in [4.69, 9.17) is 5.73 Å². The van der Waals surface area contributed by atoms with Crippen molar-refractivity contribution in [1.82, 2.24) is 9.80 Å². The standard InChI is InChI=1S/C11H23N3/c1-2-13-7-9-14(10-8-13)6-5-11(12)3-4-11/h2-10,12H2,1H3. The Balaban J connectivity index is 1.63. The largest absolute Gasteiger partial charge is 0.325 e. The van der Waals surface area contributed by atoms with Crippen molar-refractivity contribution in [3.63, 3.8) is 0 Å². The minimum Gasteiger partial charge on any atom is -0.325 e. The second-order valence-electron chi connectivity index (χ2n) is 4.89. The van der Waals surface area contributed by atoms with Gasteiger partial charge in [-0.3, -0.25) is 0 Å². The normalized spacial score (nSPS) is 27.9. The minimum atomic E-state index is 0.238. The van der Waals surface area contributed by atoms with E-state index >= 15 is 0 Å². The molecule has 1 aliphatic heterocycles. The SMILES string of the molecule is CCN1CCN(CCC2(N)CC2)CC1. The van der Waals surface area contributed by atoms with Crippen LogP contribution in [0.15, 0.2) is 0 Å². The molecule has 3 heteroatoms. The lowest BCUT2D eigenvalue weighted by atomic mass is 10.2. The van der Waals surface area contributed by atoms with Crippen LogP contribution in [0.2, 0.25) is 0 Å². The van der Waals surface area contributed by atoms with E-state index in [0.717, 1.165) is 0 Å². The molecule has 1 saturated carbocycles. The van der Waals surface area contributed by atoms with E-state index in [1.165, 1.54) is 58.5 Å². The van der Waals surface area contributed by atoms with E-state index in [1.807, 2.05) is 0 Å². The Morgan fingerprint density at radius 1 is 1.07 bits per heavy atom. The van der Waals surface area contributed by atoms with Crippen molar-refractivity contribution in [3.8, 4) is 0 Å². The van der Waals surface area contributed by atoms with Crippen LogP contribution in [0.4, 0.5) is 0 Å². The molecule has 0 bridgehead atoms. The van der Waals surface area contributed by atoms with E-state index < -0.39 is 0 Å². The molecule has 0 amide bonds. The molecule has 2 N–H and O–H groups in total. The highest BCUT2D eigenvalue weighted by molar-refractivity contribution is 4.99. The van der Waals surface area contributed by atoms with E-state index in [1.54, 1.807) is 0 Å². The Labute approximate surface area is 87.2 Å². The van der Waals surface area contributed by atoms with Crippen LogP contribution in [-0.4, -0.2) is 54.6 Å². The van der Waals surface area contributed by atoms with Gasteiger partial charge >= 0.3 is 0 Å². The fraction of sp³-hybridized carbons (Fsp3) is 1.00. The molecule has 2 fully saturated rings. The maximum absolute atomic E-state index is 6.08. The van der Waals surface area contributed by atoms with E-state index in [9.17, 15) is 0 Å². The van der Waals surface area contributed by atoms with Gasteiger partial charge in [-0.2, -0.15) is 0 Å². The fourth-order valence-electron chi connectivity index (χ4n) is 2.12. The number of piperazine rings is 1. The van der Waals surface area contributed by atoms with Crippen LogP contribution in [0.25, 0.3) is 0 Å². The monoisotopic (exact) mass is 197 g/mol. The summed E-state index contributed by atoms with van der Waals surface area (Å²) >= 11 is 0. The predicted molar refractivity (Wildman–Crippen MR) is 59.3 cm³/mol. The molecule has 0 radical (unpaired) electrons. The molecule has 0 atom stereocenters. The second kappa shape index (κ2) is 4.17. The van der Waals surface area contributed by atoms with Crippen LogP contribution in [0.3, 0.4) is 0 Å². The number of rotatable bonds is 4. The molecule has 0 aromatic rings. The van der Waals surface area contributed by atoms with Gasteiger partial charge in [-0.15, -0.1) is 0 Å². The van der Waals surface area contributed by atoms with Gasteiger partial charge in [0, 0.05) is 31.7 Å². The first-order valence-electron chi connectivity index (χ1n) is 5.95. The molecule has 1 heterocycles. The number of hydrogen-bond donors (Lipinski definition) is 1. The molecule has 1 saturated heterocycles. The van der Waals surface area contributed by atoms with Crippen LogP contribution in [-0.2, 0) is 0 Å². The number of nitrogens with two attached hydrogens (primary N) is 1. The summed E-state index contributed by atoms with van der Waals surface area (Å²) in [5.41, 5.74) is 6.32. The van der Waals surface area contributed by atoms with Gasteiger partial charge in [0.1, 0.15) is 0 Å². The van der Waals surface area contributed by atoms with Crippen LogP contribution in [0.5, 0.6) is 0 Å². The molecule has 1 aliphatic carbocycles. The van der Waals surface area contributed by atoms with Gasteiger partial charge in [-0.1, -0.05) is 6.92 Å². The summed E-state index contributed by atoms with van der Waals surface area (Å²) < 4.78 is 0. The van der Waals surface area contributed by atoms with Crippen LogP contribution in [0, 0.1) is 0 Å². The van der Waals surface area contributed by atoms with Crippen molar-refractivity contribution in [2.45, 2.75) is 31.7 Å². The number of nitrogens with zero attached hydrogens (tertiary/aromatic N) is 2. The summed E-state index contributed by atoms with van der Waals surface area (Å²) in [6, 6.07) is 0. The number of hydrogen-bond acceptors (Lipinski definition) is 3. The Hall–Kier alpha value is -0.120. The highest BCUT2D eigenvalue weighted by Crippen LogP contribution is 2.35. The van der Waals surface area contributed by atoms with Crippen LogP contribution < -0.4 is 5.73 Å². The van der Waals surface area contributed by atoms with Crippen molar-refractivity contribution in [2.75, 3.05) is 39.3 Å². The quantitative estimate of drug-likeness (QED) is 0.712. The summed E-state index contributed by atoms with van der Waals surface area (Å²) in [6.07, 6.45) is 3.71. The fourth-order valence-corrected chi connectivity index (χ4v) is 2.12. The zero-order valence-corrected chi connectivity index (χ0v) is 9.34. The lowest BCUT2D eigenvalue weighted by molar-refractivity contribution is 0.133. The zero-order valence-electron chi connectivity index (χ0n) is 9.34. The molecule has 2 aliphatic rings. The molecular weight excluding hydrogens is 174 g/mol. The maximum Gasteiger partial charge on any atom is 0.0167 e. The van der Waals surface area contributed by atoms with Crippen LogP contribution >= 0.6 is 0 Å². The number of likely N-dealkylation sites (N-methyl/N-ethyl adjacent to an activating group) is 1. The van der Waals surface area contributed by atoms with Gasteiger partial charge in [0.15, 0.2) is 0 Å². The maximum atomic E-state index is 6.08. The molecule has 0 unspecified atom stereocenters. The minimum absolute atomic E-state index is 0.238. The Morgan fingerprint density at radius 3 is 2.14 bits per heavy atom. The molecule has 0 aromatic carbocycles.